The van der Waals surface area contributed by atoms with Crippen LogP contribution in [-0.2, 0) is 18.8 Å². The average Bonchev–Trinajstić information content (AvgIpc) is 3.47. The van der Waals surface area contributed by atoms with Crippen molar-refractivity contribution in [1.82, 2.24) is 29.8 Å². The van der Waals surface area contributed by atoms with Gasteiger partial charge in [0.05, 0.1) is 18.8 Å². The molecular formula is C24H26N6OS. The van der Waals surface area contributed by atoms with Gasteiger partial charge >= 0.3 is 0 Å². The third-order valence-corrected chi connectivity index (χ3v) is 6.57. The Bertz CT molecular complexity index is 1120. The third kappa shape index (κ3) is 5.08. The van der Waals surface area contributed by atoms with E-state index in [0.29, 0.717) is 17.5 Å². The van der Waals surface area contributed by atoms with Crippen LogP contribution in [-0.4, -0.2) is 42.9 Å². The fraction of sp³-hybridized carbons (Fsp3) is 0.333. The quantitative estimate of drug-likeness (QED) is 0.365. The summed E-state index contributed by atoms with van der Waals surface area (Å²) >= 11 is 1.59. The predicted octanol–water partition coefficient (Wildman–Crippen LogP) is 4.65. The maximum absolute atomic E-state index is 5.48. The molecule has 0 saturated carbocycles. The lowest BCUT2D eigenvalue weighted by Gasteiger charge is -2.26. The highest BCUT2D eigenvalue weighted by atomic mass is 32.2. The van der Waals surface area contributed by atoms with Gasteiger partial charge in [-0.15, -0.1) is 10.2 Å². The summed E-state index contributed by atoms with van der Waals surface area (Å²) in [6.07, 6.45) is 3.84. The maximum atomic E-state index is 5.48. The Balaban J connectivity index is 1.33. The molecule has 5 rings (SSSR count). The maximum Gasteiger partial charge on any atom is 0.237 e. The number of piperidine rings is 1. The van der Waals surface area contributed by atoms with Crippen LogP contribution < -0.4 is 0 Å². The minimum Gasteiger partial charge on any atom is -0.338 e. The Morgan fingerprint density at radius 2 is 1.59 bits per heavy atom. The van der Waals surface area contributed by atoms with Crippen molar-refractivity contribution in [3.05, 3.63) is 77.9 Å². The Morgan fingerprint density at radius 1 is 0.844 bits per heavy atom. The van der Waals surface area contributed by atoms with Gasteiger partial charge in [-0.2, -0.15) is 4.98 Å². The van der Waals surface area contributed by atoms with Crippen LogP contribution in [0, 0.1) is 0 Å². The molecule has 2 aromatic carbocycles. The summed E-state index contributed by atoms with van der Waals surface area (Å²) in [6, 6.07) is 20.3. The number of nitrogens with zero attached hydrogens (tertiary/aromatic N) is 6. The SMILES string of the molecule is c1ccc(Cn2c(CN3CCCCC3)nnc2SCc2nc(-c3ccccc3)no2)cc1. The molecule has 0 unspecified atom stereocenters. The van der Waals surface area contributed by atoms with Crippen molar-refractivity contribution in [1.29, 1.82) is 0 Å². The first-order valence-electron chi connectivity index (χ1n) is 11.0. The van der Waals surface area contributed by atoms with Crippen molar-refractivity contribution in [2.45, 2.75) is 43.3 Å². The summed E-state index contributed by atoms with van der Waals surface area (Å²) in [5.74, 6) is 2.75. The van der Waals surface area contributed by atoms with Crippen molar-refractivity contribution >= 4 is 11.8 Å². The first kappa shape index (κ1) is 20.9. The van der Waals surface area contributed by atoms with Gasteiger partial charge in [-0.1, -0.05) is 84.0 Å². The van der Waals surface area contributed by atoms with E-state index in [9.17, 15) is 0 Å². The van der Waals surface area contributed by atoms with Crippen LogP contribution in [0.2, 0.25) is 0 Å². The van der Waals surface area contributed by atoms with Crippen LogP contribution in [0.4, 0.5) is 0 Å². The molecule has 0 atom stereocenters. The molecule has 1 fully saturated rings. The summed E-state index contributed by atoms with van der Waals surface area (Å²) < 4.78 is 7.70. The summed E-state index contributed by atoms with van der Waals surface area (Å²) in [5, 5.41) is 14.1. The van der Waals surface area contributed by atoms with E-state index in [2.05, 4.69) is 54.1 Å². The summed E-state index contributed by atoms with van der Waals surface area (Å²) in [5.41, 5.74) is 2.18. The predicted molar refractivity (Wildman–Crippen MR) is 124 cm³/mol. The van der Waals surface area contributed by atoms with Gasteiger partial charge in [0.1, 0.15) is 5.82 Å². The highest BCUT2D eigenvalue weighted by molar-refractivity contribution is 7.98. The number of hydrogen-bond acceptors (Lipinski definition) is 7. The standard InChI is InChI=1S/C24H26N6OS/c1-4-10-19(11-5-1)16-30-21(17-29-14-8-3-9-15-29)26-27-24(30)32-18-22-25-23(28-31-22)20-12-6-2-7-13-20/h1-2,4-7,10-13H,3,8-9,14-18H2. The van der Waals surface area contributed by atoms with Crippen LogP contribution in [0.3, 0.4) is 0 Å². The fourth-order valence-electron chi connectivity index (χ4n) is 3.93. The first-order valence-corrected chi connectivity index (χ1v) is 12.0. The normalized spacial score (nSPS) is 14.6. The molecule has 0 aliphatic carbocycles. The van der Waals surface area contributed by atoms with Crippen LogP contribution in [0.1, 0.15) is 36.5 Å². The van der Waals surface area contributed by atoms with E-state index in [0.717, 1.165) is 42.7 Å². The molecule has 1 aliphatic rings. The molecule has 0 radical (unpaired) electrons. The molecule has 2 aromatic heterocycles. The van der Waals surface area contributed by atoms with Gasteiger partial charge in [0.15, 0.2) is 5.16 Å². The van der Waals surface area contributed by atoms with E-state index >= 15 is 0 Å². The first-order chi connectivity index (χ1) is 15.8. The number of aromatic nitrogens is 5. The Labute approximate surface area is 191 Å². The zero-order valence-electron chi connectivity index (χ0n) is 17.9. The Kier molecular flexibility index (Phi) is 6.60. The molecule has 164 valence electrons. The molecule has 0 spiro atoms. The second kappa shape index (κ2) is 10.1. The number of hydrogen-bond donors (Lipinski definition) is 0. The Morgan fingerprint density at radius 3 is 2.38 bits per heavy atom. The van der Waals surface area contributed by atoms with Gasteiger partial charge in [0, 0.05) is 5.56 Å². The van der Waals surface area contributed by atoms with E-state index in [4.69, 9.17) is 4.52 Å². The average molecular weight is 447 g/mol. The van der Waals surface area contributed by atoms with Crippen molar-refractivity contribution < 1.29 is 4.52 Å². The minimum absolute atomic E-state index is 0.552. The van der Waals surface area contributed by atoms with Gasteiger partial charge in [-0.3, -0.25) is 4.90 Å². The molecular weight excluding hydrogens is 420 g/mol. The zero-order chi connectivity index (χ0) is 21.6. The van der Waals surface area contributed by atoms with E-state index in [-0.39, 0.29) is 0 Å². The second-order valence-corrected chi connectivity index (χ2v) is 8.92. The van der Waals surface area contributed by atoms with Crippen molar-refractivity contribution in [3.8, 4) is 11.4 Å². The molecule has 4 aromatic rings. The summed E-state index contributed by atoms with van der Waals surface area (Å²) in [7, 11) is 0. The molecule has 3 heterocycles. The lowest BCUT2D eigenvalue weighted by atomic mass is 10.1. The third-order valence-electron chi connectivity index (χ3n) is 5.62. The molecule has 1 aliphatic heterocycles. The number of likely N-dealkylation sites (tertiary alicyclic amines) is 1. The van der Waals surface area contributed by atoms with Gasteiger partial charge in [-0.05, 0) is 31.5 Å². The van der Waals surface area contributed by atoms with Gasteiger partial charge in [0.25, 0.3) is 0 Å². The van der Waals surface area contributed by atoms with E-state index in [1.807, 2.05) is 36.4 Å². The molecule has 32 heavy (non-hydrogen) atoms. The fourth-order valence-corrected chi connectivity index (χ4v) is 4.72. The smallest absolute Gasteiger partial charge is 0.237 e. The zero-order valence-corrected chi connectivity index (χ0v) is 18.7. The summed E-state index contributed by atoms with van der Waals surface area (Å²) in [6.45, 7) is 3.84. The molecule has 1 saturated heterocycles. The monoisotopic (exact) mass is 446 g/mol. The van der Waals surface area contributed by atoms with Crippen molar-refractivity contribution in [3.63, 3.8) is 0 Å². The largest absolute Gasteiger partial charge is 0.338 e. The molecule has 0 amide bonds. The summed E-state index contributed by atoms with van der Waals surface area (Å²) in [4.78, 5) is 7.03. The minimum atomic E-state index is 0.552. The van der Waals surface area contributed by atoms with Crippen LogP contribution >= 0.6 is 11.8 Å². The van der Waals surface area contributed by atoms with Gasteiger partial charge < -0.3 is 9.09 Å². The molecule has 8 heteroatoms. The molecule has 7 nitrogen and oxygen atoms in total. The topological polar surface area (TPSA) is 72.9 Å². The van der Waals surface area contributed by atoms with E-state index in [1.54, 1.807) is 11.8 Å². The van der Waals surface area contributed by atoms with Crippen LogP contribution in [0.25, 0.3) is 11.4 Å². The van der Waals surface area contributed by atoms with Gasteiger partial charge in [-0.25, -0.2) is 0 Å². The van der Waals surface area contributed by atoms with E-state index < -0.39 is 0 Å². The lowest BCUT2D eigenvalue weighted by molar-refractivity contribution is 0.213. The molecule has 0 N–H and O–H groups in total. The Hall–Kier alpha value is -2.97. The van der Waals surface area contributed by atoms with Crippen LogP contribution in [0.5, 0.6) is 0 Å². The van der Waals surface area contributed by atoms with E-state index in [1.165, 1.54) is 24.8 Å². The number of benzene rings is 2. The van der Waals surface area contributed by atoms with Crippen molar-refractivity contribution in [2.24, 2.45) is 0 Å². The van der Waals surface area contributed by atoms with Crippen molar-refractivity contribution in [2.75, 3.05) is 13.1 Å². The number of rotatable bonds is 8. The van der Waals surface area contributed by atoms with Gasteiger partial charge in [0.2, 0.25) is 11.7 Å². The van der Waals surface area contributed by atoms with Crippen LogP contribution in [0.15, 0.2) is 70.3 Å². The second-order valence-electron chi connectivity index (χ2n) is 7.97. The lowest BCUT2D eigenvalue weighted by Crippen LogP contribution is -2.30. The molecule has 0 bridgehead atoms. The highest BCUT2D eigenvalue weighted by Crippen LogP contribution is 2.25. The highest BCUT2D eigenvalue weighted by Gasteiger charge is 2.19. The number of thioether (sulfide) groups is 1.